The van der Waals surface area contributed by atoms with Crippen molar-refractivity contribution >= 4 is 32.8 Å². The molecule has 1 aliphatic heterocycles. The first-order chi connectivity index (χ1) is 42.1. The summed E-state index contributed by atoms with van der Waals surface area (Å²) in [4.78, 5) is 4.93. The summed E-state index contributed by atoms with van der Waals surface area (Å²) in [6, 6.07) is 64.5. The van der Waals surface area contributed by atoms with Crippen molar-refractivity contribution in [3.05, 3.63) is 234 Å². The Hall–Kier alpha value is -8.80. The molecule has 1 aliphatic carbocycles. The van der Waals surface area contributed by atoms with Gasteiger partial charge in [-0.25, -0.2) is 4.98 Å². The molecule has 83 heavy (non-hydrogen) atoms. The van der Waals surface area contributed by atoms with E-state index in [9.17, 15) is 0 Å². The Morgan fingerprint density at radius 2 is 1.12 bits per heavy atom. The standard InChI is InChI=1S/C78H72N4O/c1-48-20-17-21-49(2)72(48)51-40-65-59-25-14-13-24-58(59)63-45-66-67(78(11,12)38-37-77(66,9)10)46-64(63)62-28-19-27-57(50-30-32-52(33-31-50)75(3,4)5)73(62)81-47-80(70(41-51)74(65)81)54-22-18-23-55(43-54)83-56-34-35-61-60-26-15-16-29-68(60)82(69(61)44-56)71-42-53(36-39-79-71)76(6,7)8/h13-36,39-46H,37-38H2,1-12H3/i1D3,2D3. The van der Waals surface area contributed by atoms with Gasteiger partial charge >= 0.3 is 0 Å². The fraction of sp³-hybridized carbons (Fsp3) is 0.231. The predicted molar refractivity (Wildman–Crippen MR) is 345 cm³/mol. The largest absolute Gasteiger partial charge is 0.458 e. The molecule has 0 amide bonds. The molecule has 0 saturated heterocycles. The van der Waals surface area contributed by atoms with E-state index >= 15 is 0 Å². The fourth-order valence-electron chi connectivity index (χ4n) is 13.3. The molecular formula is C78H72N4O. The minimum absolute atomic E-state index is 0.0405. The molecule has 14 rings (SSSR count). The molecule has 410 valence electrons. The van der Waals surface area contributed by atoms with E-state index in [-0.39, 0.29) is 38.4 Å². The SMILES string of the molecule is [2H]C([2H])([2H])c1cccc(C([2H])([2H])[2H])c1-c1cc2c3c(c1)n(-c1cccc(Oc4ccc5c6ccccc6n(-c6cc(C(C)(C)C)ccn6)c5c4)c1)[c-][n+]3-c1c(-c3ccc(C(C)(C)C)cc3)cccc1-c1cc3c(cc1-c1ccccc1-2)C(C)(C)CCC3(C)C. The number of hydrogen-bond donors (Lipinski definition) is 0. The van der Waals surface area contributed by atoms with Crippen LogP contribution < -0.4 is 9.30 Å². The number of rotatable bonds is 6. The van der Waals surface area contributed by atoms with Gasteiger partial charge < -0.3 is 4.74 Å². The van der Waals surface area contributed by atoms with Crippen LogP contribution in [0, 0.1) is 20.0 Å². The van der Waals surface area contributed by atoms with Gasteiger partial charge in [0.2, 0.25) is 0 Å². The second-order valence-corrected chi connectivity index (χ2v) is 26.5. The zero-order chi connectivity index (χ0) is 62.5. The van der Waals surface area contributed by atoms with Crippen LogP contribution in [0.15, 0.2) is 194 Å². The lowest BCUT2D eigenvalue weighted by Gasteiger charge is -2.42. The van der Waals surface area contributed by atoms with Crippen molar-refractivity contribution in [3.8, 4) is 84.3 Å². The third-order valence-corrected chi connectivity index (χ3v) is 18.0. The highest BCUT2D eigenvalue weighted by atomic mass is 16.5. The zero-order valence-electron chi connectivity index (χ0n) is 55.1. The minimum Gasteiger partial charge on any atom is -0.458 e. The van der Waals surface area contributed by atoms with E-state index in [4.69, 9.17) is 17.9 Å². The Labute approximate surface area is 498 Å². The van der Waals surface area contributed by atoms with E-state index in [1.54, 1.807) is 18.2 Å². The summed E-state index contributed by atoms with van der Waals surface area (Å²) in [5, 5.41) is 2.18. The molecule has 0 spiro atoms. The number of aromatic nitrogens is 4. The number of para-hydroxylation sites is 2. The van der Waals surface area contributed by atoms with E-state index in [0.29, 0.717) is 28.3 Å². The lowest BCUT2D eigenvalue weighted by atomic mass is 9.62. The molecule has 0 radical (unpaired) electrons. The molecule has 0 unspecified atom stereocenters. The van der Waals surface area contributed by atoms with Crippen LogP contribution in [0.5, 0.6) is 11.5 Å². The van der Waals surface area contributed by atoms with Crippen LogP contribution in [0.4, 0.5) is 0 Å². The summed E-state index contributed by atoms with van der Waals surface area (Å²) in [6.07, 6.45) is 7.95. The van der Waals surface area contributed by atoms with Crippen LogP contribution in [0.1, 0.15) is 124 Å². The van der Waals surface area contributed by atoms with Gasteiger partial charge in [0.25, 0.3) is 6.33 Å². The molecular weight excluding hydrogens is 1010 g/mol. The first-order valence-corrected chi connectivity index (χ1v) is 29.1. The van der Waals surface area contributed by atoms with Crippen LogP contribution in [0.2, 0.25) is 0 Å². The van der Waals surface area contributed by atoms with Crippen LogP contribution in [-0.2, 0) is 21.7 Å². The first kappa shape index (κ1) is 45.8. The average Bonchev–Trinajstić information content (AvgIpc) is 1.68. The third-order valence-electron chi connectivity index (χ3n) is 18.0. The summed E-state index contributed by atoms with van der Waals surface area (Å²) < 4.78 is 67.3. The molecule has 12 aromatic rings. The molecule has 2 aliphatic rings. The van der Waals surface area contributed by atoms with Gasteiger partial charge in [-0.3, -0.25) is 13.7 Å². The first-order valence-electron chi connectivity index (χ1n) is 32.1. The number of benzene rings is 9. The van der Waals surface area contributed by atoms with Gasteiger partial charge in [-0.05, 0) is 198 Å². The second-order valence-electron chi connectivity index (χ2n) is 26.5. The Bertz CT molecular complexity index is 4840. The number of imidazole rings is 1. The number of hydrogen-bond acceptors (Lipinski definition) is 2. The van der Waals surface area contributed by atoms with Crippen molar-refractivity contribution < 1.29 is 17.5 Å². The van der Waals surface area contributed by atoms with Crippen molar-refractivity contribution in [2.24, 2.45) is 0 Å². The Balaban J connectivity index is 1.07. The summed E-state index contributed by atoms with van der Waals surface area (Å²) >= 11 is 0. The van der Waals surface area contributed by atoms with E-state index in [1.807, 2.05) is 53.2 Å². The highest BCUT2D eigenvalue weighted by Crippen LogP contribution is 2.53. The maximum absolute atomic E-state index is 8.97. The highest BCUT2D eigenvalue weighted by Gasteiger charge is 2.39. The Morgan fingerprint density at radius 1 is 0.506 bits per heavy atom. The van der Waals surface area contributed by atoms with Crippen molar-refractivity contribution in [2.75, 3.05) is 0 Å². The van der Waals surface area contributed by atoms with E-state index < -0.39 is 13.7 Å². The van der Waals surface area contributed by atoms with Crippen LogP contribution in [0.3, 0.4) is 0 Å². The van der Waals surface area contributed by atoms with Gasteiger partial charge in [0, 0.05) is 31.3 Å². The van der Waals surface area contributed by atoms with E-state index in [1.165, 1.54) is 22.3 Å². The number of nitrogens with zero attached hydrogens (tertiary/aromatic N) is 4. The van der Waals surface area contributed by atoms with E-state index in [2.05, 4.69) is 212 Å². The van der Waals surface area contributed by atoms with Crippen LogP contribution in [-0.4, -0.2) is 14.1 Å². The number of fused-ring (bicyclic) bond motifs is 11. The smallest absolute Gasteiger partial charge is 0.269 e. The molecule has 3 aromatic heterocycles. The van der Waals surface area contributed by atoms with Crippen molar-refractivity contribution in [2.45, 2.75) is 117 Å². The molecule has 5 nitrogen and oxygen atoms in total. The van der Waals surface area contributed by atoms with Crippen LogP contribution >= 0.6 is 0 Å². The molecule has 5 heteroatoms. The number of ether oxygens (including phenoxy) is 1. The maximum Gasteiger partial charge on any atom is 0.269 e. The maximum atomic E-state index is 8.97. The average molecular weight is 1090 g/mol. The predicted octanol–water partition coefficient (Wildman–Crippen LogP) is 20.2. The van der Waals surface area contributed by atoms with Crippen molar-refractivity contribution in [3.63, 3.8) is 0 Å². The van der Waals surface area contributed by atoms with Crippen molar-refractivity contribution in [1.82, 2.24) is 14.1 Å². The molecule has 0 saturated carbocycles. The lowest BCUT2D eigenvalue weighted by molar-refractivity contribution is -0.570. The van der Waals surface area contributed by atoms with E-state index in [0.717, 1.165) is 96.2 Å². The fourth-order valence-corrected chi connectivity index (χ4v) is 13.3. The highest BCUT2D eigenvalue weighted by molar-refractivity contribution is 6.10. The second kappa shape index (κ2) is 18.9. The molecule has 0 fully saturated rings. The Morgan fingerprint density at radius 3 is 1.83 bits per heavy atom. The molecule has 9 aromatic carbocycles. The molecule has 0 atom stereocenters. The number of aryl methyl sites for hydroxylation is 2. The Kier molecular flexibility index (Phi) is 10.4. The summed E-state index contributed by atoms with van der Waals surface area (Å²) in [7, 11) is 0. The number of pyridine rings is 1. The van der Waals surface area contributed by atoms with Gasteiger partial charge in [-0.15, -0.1) is 0 Å². The topological polar surface area (TPSA) is 35.9 Å². The summed E-state index contributed by atoms with van der Waals surface area (Å²) in [5.41, 5.74) is 18.2. The minimum atomic E-state index is -2.66. The monoisotopic (exact) mass is 1090 g/mol. The summed E-state index contributed by atoms with van der Waals surface area (Å²) in [5.74, 6) is 2.03. The molecule has 0 bridgehead atoms. The van der Waals surface area contributed by atoms with Crippen molar-refractivity contribution in [1.29, 1.82) is 0 Å². The summed E-state index contributed by atoms with van der Waals surface area (Å²) in [6.45, 7) is 17.5. The lowest BCUT2D eigenvalue weighted by Crippen LogP contribution is -2.34. The van der Waals surface area contributed by atoms with Gasteiger partial charge in [-0.1, -0.05) is 191 Å². The van der Waals surface area contributed by atoms with Crippen LogP contribution in [0.25, 0.3) is 106 Å². The normalized spacial score (nSPS) is 15.7. The molecule has 0 N–H and O–H groups in total. The molecule has 4 heterocycles. The van der Waals surface area contributed by atoms with Gasteiger partial charge in [-0.2, -0.15) is 0 Å². The third kappa shape index (κ3) is 8.64. The van der Waals surface area contributed by atoms with Gasteiger partial charge in [0.15, 0.2) is 0 Å². The zero-order valence-corrected chi connectivity index (χ0v) is 49.1. The van der Waals surface area contributed by atoms with Gasteiger partial charge in [0.1, 0.15) is 17.3 Å². The quantitative estimate of drug-likeness (QED) is 0.123. The van der Waals surface area contributed by atoms with Gasteiger partial charge in [0.05, 0.1) is 33.4 Å².